The van der Waals surface area contributed by atoms with Crippen molar-refractivity contribution in [3.8, 4) is 17.0 Å². The first-order chi connectivity index (χ1) is 14.0. The Bertz CT molecular complexity index is 1220. The van der Waals surface area contributed by atoms with E-state index in [1.807, 2.05) is 24.3 Å². The highest BCUT2D eigenvalue weighted by Gasteiger charge is 2.24. The molecule has 0 N–H and O–H groups in total. The van der Waals surface area contributed by atoms with Gasteiger partial charge in [-0.3, -0.25) is 14.8 Å². The lowest BCUT2D eigenvalue weighted by atomic mass is 10.1. The van der Waals surface area contributed by atoms with E-state index in [9.17, 15) is 14.5 Å². The molecular weight excluding hydrogens is 397 g/mol. The lowest BCUT2D eigenvalue weighted by Gasteiger charge is -2.11. The molecule has 0 spiro atoms. The quantitative estimate of drug-likeness (QED) is 0.323. The van der Waals surface area contributed by atoms with Gasteiger partial charge in [0.05, 0.1) is 34.8 Å². The number of hydrogen-bond acceptors (Lipinski definition) is 4. The summed E-state index contributed by atoms with van der Waals surface area (Å²) in [5, 5.41) is 16.8. The van der Waals surface area contributed by atoms with Crippen LogP contribution >= 0.6 is 11.6 Å². The summed E-state index contributed by atoms with van der Waals surface area (Å²) < 4.78 is 20.8. The zero-order chi connectivity index (χ0) is 20.5. The molecule has 0 bridgehead atoms. The maximum atomic E-state index is 14.0. The molecule has 146 valence electrons. The third-order valence-electron chi connectivity index (χ3n) is 4.62. The average Bonchev–Trinajstić information content (AvgIpc) is 3.08. The summed E-state index contributed by atoms with van der Waals surface area (Å²) in [6.07, 6.45) is 0. The Hall–Kier alpha value is -3.45. The van der Waals surface area contributed by atoms with Gasteiger partial charge in [-0.15, -0.1) is 0 Å². The number of halogens is 2. The van der Waals surface area contributed by atoms with Gasteiger partial charge in [0.1, 0.15) is 17.0 Å². The molecule has 0 saturated carbocycles. The summed E-state index contributed by atoms with van der Waals surface area (Å²) >= 11 is 6.34. The molecule has 3 aromatic carbocycles. The zero-order valence-corrected chi connectivity index (χ0v) is 16.1. The van der Waals surface area contributed by atoms with Gasteiger partial charge in [-0.2, -0.15) is 5.10 Å². The highest BCUT2D eigenvalue weighted by Crippen LogP contribution is 2.39. The first-order valence-electron chi connectivity index (χ1n) is 8.70. The van der Waals surface area contributed by atoms with Gasteiger partial charge < -0.3 is 4.74 Å². The first-order valence-corrected chi connectivity index (χ1v) is 9.08. The second kappa shape index (κ2) is 7.52. The molecule has 4 aromatic rings. The van der Waals surface area contributed by atoms with Crippen molar-refractivity contribution in [1.82, 2.24) is 9.78 Å². The van der Waals surface area contributed by atoms with Crippen LogP contribution in [0, 0.1) is 15.9 Å². The largest absolute Gasteiger partial charge is 0.497 e. The minimum atomic E-state index is -0.492. The van der Waals surface area contributed by atoms with Gasteiger partial charge in [0.2, 0.25) is 0 Å². The van der Waals surface area contributed by atoms with E-state index in [1.54, 1.807) is 23.9 Å². The van der Waals surface area contributed by atoms with E-state index in [4.69, 9.17) is 16.3 Å². The number of aromatic nitrogens is 2. The molecule has 0 radical (unpaired) electrons. The summed E-state index contributed by atoms with van der Waals surface area (Å²) in [7, 11) is 1.58. The van der Waals surface area contributed by atoms with E-state index in [2.05, 4.69) is 5.10 Å². The molecule has 4 rings (SSSR count). The van der Waals surface area contributed by atoms with Crippen molar-refractivity contribution in [3.05, 3.63) is 87.2 Å². The fourth-order valence-electron chi connectivity index (χ4n) is 3.29. The van der Waals surface area contributed by atoms with Crippen molar-refractivity contribution in [3.63, 3.8) is 0 Å². The fourth-order valence-corrected chi connectivity index (χ4v) is 3.49. The van der Waals surface area contributed by atoms with Crippen LogP contribution in [0.15, 0.2) is 60.7 Å². The van der Waals surface area contributed by atoms with Crippen LogP contribution in [0.25, 0.3) is 22.2 Å². The van der Waals surface area contributed by atoms with Crippen LogP contribution in [0.4, 0.5) is 10.1 Å². The number of nitro benzene ring substituents is 1. The molecule has 8 heteroatoms. The van der Waals surface area contributed by atoms with Gasteiger partial charge >= 0.3 is 0 Å². The number of non-ortho nitro benzene ring substituents is 1. The summed E-state index contributed by atoms with van der Waals surface area (Å²) in [4.78, 5) is 11.2. The summed E-state index contributed by atoms with van der Waals surface area (Å²) in [5.74, 6) is 0.219. The minimum Gasteiger partial charge on any atom is -0.497 e. The van der Waals surface area contributed by atoms with Crippen molar-refractivity contribution in [1.29, 1.82) is 0 Å². The highest BCUT2D eigenvalue weighted by atomic mass is 35.5. The van der Waals surface area contributed by atoms with Crippen molar-refractivity contribution in [2.45, 2.75) is 6.54 Å². The van der Waals surface area contributed by atoms with E-state index in [0.29, 0.717) is 34.5 Å². The average molecular weight is 412 g/mol. The smallest absolute Gasteiger partial charge is 0.281 e. The maximum absolute atomic E-state index is 14.0. The van der Waals surface area contributed by atoms with Gasteiger partial charge in [-0.1, -0.05) is 29.8 Å². The molecular formula is C21H15ClFN3O3. The third kappa shape index (κ3) is 3.52. The summed E-state index contributed by atoms with van der Waals surface area (Å²) in [5.41, 5.74) is 1.96. The molecule has 0 saturated heterocycles. The number of benzene rings is 3. The molecule has 0 atom stereocenters. The van der Waals surface area contributed by atoms with Crippen molar-refractivity contribution in [2.24, 2.45) is 0 Å². The van der Waals surface area contributed by atoms with E-state index in [-0.39, 0.29) is 10.7 Å². The SMILES string of the molecule is COc1ccc(Cn2nc3cccc([N+](=O)[O-])c3c2-c2cc(F)ccc2Cl)cc1. The predicted molar refractivity (Wildman–Crippen MR) is 109 cm³/mol. The number of nitrogens with zero attached hydrogens (tertiary/aromatic N) is 3. The maximum Gasteiger partial charge on any atom is 0.281 e. The summed E-state index contributed by atoms with van der Waals surface area (Å²) in [6, 6.07) is 16.0. The Labute approximate surface area is 170 Å². The van der Waals surface area contributed by atoms with E-state index in [1.165, 1.54) is 24.3 Å². The first kappa shape index (κ1) is 18.9. The highest BCUT2D eigenvalue weighted by molar-refractivity contribution is 6.33. The Balaban J connectivity index is 1.97. The summed E-state index contributed by atoms with van der Waals surface area (Å²) in [6.45, 7) is 0.317. The number of hydrogen-bond donors (Lipinski definition) is 0. The lowest BCUT2D eigenvalue weighted by molar-refractivity contribution is -0.383. The monoisotopic (exact) mass is 411 g/mol. The number of fused-ring (bicyclic) bond motifs is 1. The van der Waals surface area contributed by atoms with E-state index >= 15 is 0 Å². The van der Waals surface area contributed by atoms with Gasteiger partial charge in [0.25, 0.3) is 5.69 Å². The molecule has 0 aliphatic carbocycles. The number of rotatable bonds is 5. The van der Waals surface area contributed by atoms with Crippen LogP contribution in [0.1, 0.15) is 5.56 Å². The Kier molecular flexibility index (Phi) is 4.90. The minimum absolute atomic E-state index is 0.112. The zero-order valence-electron chi connectivity index (χ0n) is 15.3. The molecule has 0 aliphatic heterocycles. The number of methoxy groups -OCH3 is 1. The molecule has 1 aromatic heterocycles. The number of nitro groups is 1. The van der Waals surface area contributed by atoms with Gasteiger partial charge in [0, 0.05) is 11.6 Å². The second-order valence-electron chi connectivity index (χ2n) is 6.41. The Morgan fingerprint density at radius 1 is 1.17 bits per heavy atom. The van der Waals surface area contributed by atoms with Crippen LogP contribution in [-0.2, 0) is 6.54 Å². The van der Waals surface area contributed by atoms with Crippen LogP contribution in [0.3, 0.4) is 0 Å². The number of ether oxygens (including phenoxy) is 1. The molecule has 0 aliphatic rings. The third-order valence-corrected chi connectivity index (χ3v) is 4.95. The second-order valence-corrected chi connectivity index (χ2v) is 6.81. The van der Waals surface area contributed by atoms with Crippen molar-refractivity contribution < 1.29 is 14.1 Å². The molecule has 1 heterocycles. The Morgan fingerprint density at radius 2 is 1.93 bits per heavy atom. The van der Waals surface area contributed by atoms with Crippen LogP contribution in [-0.4, -0.2) is 21.8 Å². The van der Waals surface area contributed by atoms with Gasteiger partial charge in [-0.05, 0) is 42.0 Å². The van der Waals surface area contributed by atoms with Crippen LogP contribution in [0.5, 0.6) is 5.75 Å². The van der Waals surface area contributed by atoms with E-state index in [0.717, 1.165) is 5.56 Å². The molecule has 6 nitrogen and oxygen atoms in total. The lowest BCUT2D eigenvalue weighted by Crippen LogP contribution is -2.04. The van der Waals surface area contributed by atoms with Gasteiger partial charge in [0.15, 0.2) is 0 Å². The molecule has 29 heavy (non-hydrogen) atoms. The fraction of sp³-hybridized carbons (Fsp3) is 0.0952. The van der Waals surface area contributed by atoms with Gasteiger partial charge in [-0.25, -0.2) is 4.39 Å². The molecule has 0 fully saturated rings. The Morgan fingerprint density at radius 3 is 2.62 bits per heavy atom. The predicted octanol–water partition coefficient (Wildman–Crippen LogP) is 5.46. The van der Waals surface area contributed by atoms with E-state index < -0.39 is 10.7 Å². The molecule has 0 unspecified atom stereocenters. The van der Waals surface area contributed by atoms with Crippen molar-refractivity contribution in [2.75, 3.05) is 7.11 Å². The van der Waals surface area contributed by atoms with Crippen molar-refractivity contribution >= 4 is 28.2 Å². The molecule has 0 amide bonds. The standard InChI is InChI=1S/C21H15ClFN3O3/c1-29-15-8-5-13(6-9-15)12-25-21(16-11-14(23)7-10-17(16)22)20-18(24-25)3-2-4-19(20)26(27)28/h2-11H,12H2,1H3. The van der Waals surface area contributed by atoms with Crippen LogP contribution in [0.2, 0.25) is 5.02 Å². The normalized spacial score (nSPS) is 11.0. The topological polar surface area (TPSA) is 70.2 Å². The van der Waals surface area contributed by atoms with Crippen LogP contribution < -0.4 is 4.74 Å².